The van der Waals surface area contributed by atoms with Crippen molar-refractivity contribution >= 4 is 10.9 Å². The SMILES string of the molecule is CC(C)(C)c1ccc(-c2cccc3[nH]c(-c4ccccc4)c(-c4ccc(C(C)(C)C)cc4)c23)cc1. The number of H-pyrrole nitrogens is 1. The third-order valence-electron chi connectivity index (χ3n) is 6.99. The van der Waals surface area contributed by atoms with Crippen LogP contribution in [0.1, 0.15) is 52.7 Å². The van der Waals surface area contributed by atoms with Crippen LogP contribution in [0.15, 0.2) is 97.1 Å². The van der Waals surface area contributed by atoms with E-state index in [1.165, 1.54) is 50.0 Å². The predicted molar refractivity (Wildman–Crippen MR) is 152 cm³/mol. The molecule has 1 nitrogen and oxygen atoms in total. The minimum atomic E-state index is 0.126. The van der Waals surface area contributed by atoms with Gasteiger partial charge in [0.15, 0.2) is 0 Å². The molecule has 4 aromatic carbocycles. The number of hydrogen-bond donors (Lipinski definition) is 1. The lowest BCUT2D eigenvalue weighted by Gasteiger charge is -2.20. The molecule has 1 aromatic heterocycles. The number of benzene rings is 4. The van der Waals surface area contributed by atoms with Gasteiger partial charge in [0.2, 0.25) is 0 Å². The van der Waals surface area contributed by atoms with Crippen LogP contribution in [0.25, 0.3) is 44.4 Å². The van der Waals surface area contributed by atoms with Gasteiger partial charge in [0.1, 0.15) is 0 Å². The zero-order valence-corrected chi connectivity index (χ0v) is 21.7. The van der Waals surface area contributed by atoms with Crippen LogP contribution in [0.2, 0.25) is 0 Å². The van der Waals surface area contributed by atoms with Crippen molar-refractivity contribution in [2.24, 2.45) is 0 Å². The average molecular weight is 458 g/mol. The van der Waals surface area contributed by atoms with Crippen LogP contribution in [-0.4, -0.2) is 4.98 Å². The van der Waals surface area contributed by atoms with Gasteiger partial charge in [0.25, 0.3) is 0 Å². The Labute approximate surface area is 209 Å². The van der Waals surface area contributed by atoms with Gasteiger partial charge < -0.3 is 4.98 Å². The normalized spacial score (nSPS) is 12.3. The van der Waals surface area contributed by atoms with Crippen molar-refractivity contribution in [3.8, 4) is 33.5 Å². The van der Waals surface area contributed by atoms with Crippen molar-refractivity contribution in [3.05, 3.63) is 108 Å². The van der Waals surface area contributed by atoms with Gasteiger partial charge in [-0.2, -0.15) is 0 Å². The Morgan fingerprint density at radius 3 is 1.57 bits per heavy atom. The molecule has 35 heavy (non-hydrogen) atoms. The van der Waals surface area contributed by atoms with Crippen molar-refractivity contribution in [2.75, 3.05) is 0 Å². The van der Waals surface area contributed by atoms with E-state index in [1.54, 1.807) is 0 Å². The Kier molecular flexibility index (Phi) is 5.68. The number of rotatable bonds is 3. The second-order valence-corrected chi connectivity index (χ2v) is 11.6. The summed E-state index contributed by atoms with van der Waals surface area (Å²) in [4.78, 5) is 3.77. The van der Waals surface area contributed by atoms with E-state index in [-0.39, 0.29) is 10.8 Å². The summed E-state index contributed by atoms with van der Waals surface area (Å²) in [6, 6.07) is 35.5. The van der Waals surface area contributed by atoms with Gasteiger partial charge in [-0.3, -0.25) is 0 Å². The third-order valence-corrected chi connectivity index (χ3v) is 6.99. The summed E-state index contributed by atoms with van der Waals surface area (Å²) in [7, 11) is 0. The topological polar surface area (TPSA) is 15.8 Å². The molecule has 0 aliphatic heterocycles. The van der Waals surface area contributed by atoms with E-state index in [2.05, 4.69) is 144 Å². The maximum absolute atomic E-state index is 3.77. The first-order valence-corrected chi connectivity index (χ1v) is 12.5. The summed E-state index contributed by atoms with van der Waals surface area (Å²) in [5.74, 6) is 0. The smallest absolute Gasteiger partial charge is 0.0544 e. The molecule has 0 saturated heterocycles. The monoisotopic (exact) mass is 457 g/mol. The van der Waals surface area contributed by atoms with Gasteiger partial charge in [-0.25, -0.2) is 0 Å². The number of aromatic amines is 1. The highest BCUT2D eigenvalue weighted by atomic mass is 14.7. The molecule has 0 spiro atoms. The Bertz CT molecular complexity index is 1450. The van der Waals surface area contributed by atoms with E-state index in [1.807, 2.05) is 0 Å². The fourth-order valence-electron chi connectivity index (χ4n) is 4.89. The summed E-state index contributed by atoms with van der Waals surface area (Å²) in [6.07, 6.45) is 0. The molecular formula is C34H35N. The van der Waals surface area contributed by atoms with Crippen LogP contribution in [0.5, 0.6) is 0 Å². The third kappa shape index (κ3) is 4.44. The van der Waals surface area contributed by atoms with Crippen LogP contribution >= 0.6 is 0 Å². The van der Waals surface area contributed by atoms with Gasteiger partial charge in [0, 0.05) is 16.5 Å². The summed E-state index contributed by atoms with van der Waals surface area (Å²) in [5, 5.41) is 1.28. The van der Waals surface area contributed by atoms with Crippen molar-refractivity contribution < 1.29 is 0 Å². The quantitative estimate of drug-likeness (QED) is 0.277. The van der Waals surface area contributed by atoms with Crippen molar-refractivity contribution in [3.63, 3.8) is 0 Å². The van der Waals surface area contributed by atoms with Crippen LogP contribution in [-0.2, 0) is 10.8 Å². The first kappa shape index (κ1) is 23.2. The van der Waals surface area contributed by atoms with Crippen LogP contribution in [0, 0.1) is 0 Å². The summed E-state index contributed by atoms with van der Waals surface area (Å²) in [5.41, 5.74) is 11.5. The molecule has 0 bridgehead atoms. The molecule has 1 heteroatoms. The van der Waals surface area contributed by atoms with Crippen molar-refractivity contribution in [1.29, 1.82) is 0 Å². The average Bonchev–Trinajstić information content (AvgIpc) is 3.23. The fraction of sp³-hybridized carbons (Fsp3) is 0.235. The lowest BCUT2D eigenvalue weighted by atomic mass is 9.85. The predicted octanol–water partition coefficient (Wildman–Crippen LogP) is 9.76. The lowest BCUT2D eigenvalue weighted by molar-refractivity contribution is 0.590. The van der Waals surface area contributed by atoms with Crippen molar-refractivity contribution in [1.82, 2.24) is 4.98 Å². The molecular weight excluding hydrogens is 422 g/mol. The molecule has 1 N–H and O–H groups in total. The van der Waals surface area contributed by atoms with E-state index >= 15 is 0 Å². The molecule has 0 radical (unpaired) electrons. The summed E-state index contributed by atoms with van der Waals surface area (Å²) < 4.78 is 0. The minimum absolute atomic E-state index is 0.126. The maximum atomic E-state index is 3.77. The maximum Gasteiger partial charge on any atom is 0.0544 e. The molecule has 0 saturated carbocycles. The molecule has 0 aliphatic carbocycles. The van der Waals surface area contributed by atoms with E-state index in [0.29, 0.717) is 0 Å². The van der Waals surface area contributed by atoms with Gasteiger partial charge in [-0.1, -0.05) is 133 Å². The molecule has 0 unspecified atom stereocenters. The lowest BCUT2D eigenvalue weighted by Crippen LogP contribution is -2.10. The zero-order chi connectivity index (χ0) is 24.8. The van der Waals surface area contributed by atoms with Crippen molar-refractivity contribution in [2.45, 2.75) is 52.4 Å². The Morgan fingerprint density at radius 1 is 0.486 bits per heavy atom. The number of hydrogen-bond acceptors (Lipinski definition) is 0. The van der Waals surface area contributed by atoms with Gasteiger partial charge >= 0.3 is 0 Å². The first-order valence-electron chi connectivity index (χ1n) is 12.5. The largest absolute Gasteiger partial charge is 0.354 e. The van der Waals surface area contributed by atoms with E-state index < -0.39 is 0 Å². The van der Waals surface area contributed by atoms with E-state index in [0.717, 1.165) is 5.52 Å². The van der Waals surface area contributed by atoms with Crippen LogP contribution in [0.4, 0.5) is 0 Å². The number of nitrogens with one attached hydrogen (secondary N) is 1. The number of fused-ring (bicyclic) bond motifs is 1. The number of aromatic nitrogens is 1. The second-order valence-electron chi connectivity index (χ2n) is 11.6. The van der Waals surface area contributed by atoms with Crippen LogP contribution < -0.4 is 0 Å². The fourth-order valence-corrected chi connectivity index (χ4v) is 4.89. The molecule has 0 fully saturated rings. The highest BCUT2D eigenvalue weighted by Crippen LogP contribution is 2.43. The molecule has 0 amide bonds. The Balaban J connectivity index is 1.76. The molecule has 0 aliphatic rings. The van der Waals surface area contributed by atoms with E-state index in [4.69, 9.17) is 0 Å². The minimum Gasteiger partial charge on any atom is -0.354 e. The summed E-state index contributed by atoms with van der Waals surface area (Å²) in [6.45, 7) is 13.6. The first-order chi connectivity index (χ1) is 16.6. The van der Waals surface area contributed by atoms with Gasteiger partial charge in [-0.05, 0) is 50.3 Å². The summed E-state index contributed by atoms with van der Waals surface area (Å²) >= 11 is 0. The van der Waals surface area contributed by atoms with Gasteiger partial charge in [-0.15, -0.1) is 0 Å². The zero-order valence-electron chi connectivity index (χ0n) is 21.7. The second kappa shape index (κ2) is 8.57. The van der Waals surface area contributed by atoms with E-state index in [9.17, 15) is 0 Å². The Hall–Kier alpha value is -3.58. The highest BCUT2D eigenvalue weighted by Gasteiger charge is 2.20. The Morgan fingerprint density at radius 2 is 1.03 bits per heavy atom. The van der Waals surface area contributed by atoms with Crippen LogP contribution in [0.3, 0.4) is 0 Å². The molecule has 5 aromatic rings. The molecule has 176 valence electrons. The molecule has 0 atom stereocenters. The standard InChI is InChI=1S/C34H35N/c1-33(2,3)26-19-15-23(16-20-26)28-13-10-14-29-31(28)30(32(35-29)25-11-8-7-9-12-25)24-17-21-27(22-18-24)34(4,5)6/h7-22,35H,1-6H3. The highest BCUT2D eigenvalue weighted by molar-refractivity contribution is 6.11. The van der Waals surface area contributed by atoms with Gasteiger partial charge in [0.05, 0.1) is 5.69 Å². The molecule has 5 rings (SSSR count). The molecule has 1 heterocycles.